The van der Waals surface area contributed by atoms with Crippen molar-refractivity contribution in [2.75, 3.05) is 40.3 Å². The monoisotopic (exact) mass is 711 g/mol. The average Bonchev–Trinajstić information content (AvgIpc) is 3.49. The Labute approximate surface area is 307 Å². The van der Waals surface area contributed by atoms with Crippen LogP contribution in [0.3, 0.4) is 0 Å². The van der Waals surface area contributed by atoms with E-state index in [2.05, 4.69) is 46.4 Å². The number of alkyl carbamates (subject to hydrolysis) is 1. The molecule has 0 atom stereocenters. The number of hydrogen-bond acceptors (Lipinski definition) is 9. The quantitative estimate of drug-likeness (QED) is 0.0912. The number of carbonyl (C=O) groups is 1. The zero-order chi connectivity index (χ0) is 37.3. The SMILES string of the molecule is CCCCc1nc2c(Nc3ccc(OC)cc3OC)nc3cc(CCCCCNC(=O)OC(C)(C)C)ccc3c2n1Cc1ccc(OC)cc1OC. The number of anilines is 2. The summed E-state index contributed by atoms with van der Waals surface area (Å²) in [6.07, 6.45) is 6.20. The molecule has 0 aliphatic rings. The first kappa shape index (κ1) is 38.1. The van der Waals surface area contributed by atoms with Crippen LogP contribution in [0.5, 0.6) is 23.0 Å². The van der Waals surface area contributed by atoms with Gasteiger partial charge in [-0.25, -0.2) is 14.8 Å². The van der Waals surface area contributed by atoms with Crippen molar-refractivity contribution in [3.8, 4) is 23.0 Å². The van der Waals surface area contributed by atoms with Crippen molar-refractivity contribution < 1.29 is 28.5 Å². The molecule has 0 bridgehead atoms. The van der Waals surface area contributed by atoms with Crippen LogP contribution in [0, 0.1) is 0 Å². The third-order valence-electron chi connectivity index (χ3n) is 8.87. The molecular formula is C41H53N5O6. The van der Waals surface area contributed by atoms with Gasteiger partial charge in [0, 0.05) is 36.0 Å². The predicted octanol–water partition coefficient (Wildman–Crippen LogP) is 8.99. The number of hydrogen-bond donors (Lipinski definition) is 2. The summed E-state index contributed by atoms with van der Waals surface area (Å²) in [5.74, 6) is 4.46. The lowest BCUT2D eigenvalue weighted by Crippen LogP contribution is -2.32. The normalized spacial score (nSPS) is 11.5. The number of pyridine rings is 1. The topological polar surface area (TPSA) is 118 Å². The fourth-order valence-electron chi connectivity index (χ4n) is 6.24. The maximum absolute atomic E-state index is 12.0. The highest BCUT2D eigenvalue weighted by Gasteiger charge is 2.21. The highest BCUT2D eigenvalue weighted by atomic mass is 16.6. The molecule has 11 nitrogen and oxygen atoms in total. The van der Waals surface area contributed by atoms with Crippen LogP contribution < -0.4 is 29.6 Å². The molecule has 2 aromatic heterocycles. The molecule has 0 fully saturated rings. The number of rotatable bonds is 17. The Kier molecular flexibility index (Phi) is 12.7. The number of carbonyl (C=O) groups excluding carboxylic acids is 1. The standard InChI is InChI=1S/C41H53N5O6/c1-9-10-15-36-45-37-38(46(36)26-28-17-18-29(48-5)24-34(28)50-7)31-20-16-27(14-12-11-13-22-42-40(47)52-41(2,3)4)23-33(31)44-39(37)43-32-21-19-30(49-6)25-35(32)51-8/h16-21,23-25H,9-15,22,26H2,1-8H3,(H,42,47)(H,43,44). The Morgan fingerprint density at radius 2 is 1.52 bits per heavy atom. The van der Waals surface area contributed by atoms with E-state index < -0.39 is 5.60 Å². The Hall–Kier alpha value is -5.19. The molecular weight excluding hydrogens is 658 g/mol. The van der Waals surface area contributed by atoms with Crippen molar-refractivity contribution >= 4 is 39.5 Å². The van der Waals surface area contributed by atoms with Gasteiger partial charge < -0.3 is 38.9 Å². The Morgan fingerprint density at radius 1 is 0.788 bits per heavy atom. The molecule has 11 heteroatoms. The van der Waals surface area contributed by atoms with E-state index in [1.54, 1.807) is 28.4 Å². The number of ether oxygens (including phenoxy) is 5. The predicted molar refractivity (Wildman–Crippen MR) is 207 cm³/mol. The molecule has 2 N–H and O–H groups in total. The van der Waals surface area contributed by atoms with E-state index in [-0.39, 0.29) is 6.09 Å². The number of nitrogens with zero attached hydrogens (tertiary/aromatic N) is 3. The molecule has 0 radical (unpaired) electrons. The molecule has 1 amide bonds. The van der Waals surface area contributed by atoms with Crippen molar-refractivity contribution in [3.63, 3.8) is 0 Å². The smallest absolute Gasteiger partial charge is 0.407 e. The molecule has 0 saturated heterocycles. The fourth-order valence-corrected chi connectivity index (χ4v) is 6.24. The van der Waals surface area contributed by atoms with E-state index in [9.17, 15) is 4.79 Å². The minimum absolute atomic E-state index is 0.376. The molecule has 0 aliphatic carbocycles. The third-order valence-corrected chi connectivity index (χ3v) is 8.87. The molecule has 2 heterocycles. The zero-order valence-electron chi connectivity index (χ0n) is 31.9. The number of benzene rings is 3. The summed E-state index contributed by atoms with van der Waals surface area (Å²) in [6, 6.07) is 18.2. The molecule has 278 valence electrons. The molecule has 0 spiro atoms. The lowest BCUT2D eigenvalue weighted by atomic mass is 10.0. The van der Waals surface area contributed by atoms with Gasteiger partial charge in [-0.3, -0.25) is 0 Å². The van der Waals surface area contributed by atoms with Gasteiger partial charge in [0.2, 0.25) is 0 Å². The fraction of sp³-hybridized carbons (Fsp3) is 0.439. The van der Waals surface area contributed by atoms with Crippen LogP contribution in [0.25, 0.3) is 21.9 Å². The summed E-state index contributed by atoms with van der Waals surface area (Å²) in [5.41, 5.74) is 5.13. The van der Waals surface area contributed by atoms with Gasteiger partial charge in [0.15, 0.2) is 5.82 Å². The zero-order valence-corrected chi connectivity index (χ0v) is 31.9. The van der Waals surface area contributed by atoms with Gasteiger partial charge in [-0.2, -0.15) is 0 Å². The highest BCUT2D eigenvalue weighted by molar-refractivity contribution is 6.08. The molecule has 3 aromatic carbocycles. The van der Waals surface area contributed by atoms with E-state index in [1.165, 1.54) is 5.56 Å². The second kappa shape index (κ2) is 17.4. The number of aryl methyl sites for hydroxylation is 2. The van der Waals surface area contributed by atoms with Crippen molar-refractivity contribution in [3.05, 3.63) is 71.5 Å². The number of imidazole rings is 1. The lowest BCUT2D eigenvalue weighted by Gasteiger charge is -2.19. The van der Waals surface area contributed by atoms with E-state index in [0.717, 1.165) is 95.5 Å². The molecule has 0 aliphatic heterocycles. The van der Waals surface area contributed by atoms with Crippen LogP contribution in [-0.2, 0) is 24.1 Å². The minimum Gasteiger partial charge on any atom is -0.497 e. The van der Waals surface area contributed by atoms with Crippen molar-refractivity contribution in [1.82, 2.24) is 19.9 Å². The first-order chi connectivity index (χ1) is 25.1. The second-order valence-electron chi connectivity index (χ2n) is 13.8. The number of unbranched alkanes of at least 4 members (excludes halogenated alkanes) is 3. The van der Waals surface area contributed by atoms with Gasteiger partial charge in [0.05, 0.1) is 51.7 Å². The van der Waals surface area contributed by atoms with Gasteiger partial charge in [0.1, 0.15) is 39.9 Å². The largest absolute Gasteiger partial charge is 0.497 e. The molecule has 0 saturated carbocycles. The molecule has 0 unspecified atom stereocenters. The summed E-state index contributed by atoms with van der Waals surface area (Å²) in [4.78, 5) is 22.5. The average molecular weight is 712 g/mol. The van der Waals surface area contributed by atoms with E-state index in [4.69, 9.17) is 33.7 Å². The van der Waals surface area contributed by atoms with Gasteiger partial charge in [-0.1, -0.05) is 31.9 Å². The van der Waals surface area contributed by atoms with Gasteiger partial charge in [-0.05, 0) is 82.3 Å². The van der Waals surface area contributed by atoms with E-state index in [0.29, 0.717) is 30.4 Å². The maximum atomic E-state index is 12.0. The maximum Gasteiger partial charge on any atom is 0.407 e. The Morgan fingerprint density at radius 3 is 2.21 bits per heavy atom. The molecule has 5 rings (SSSR count). The number of amides is 1. The lowest BCUT2D eigenvalue weighted by molar-refractivity contribution is 0.0527. The first-order valence-corrected chi connectivity index (χ1v) is 18.1. The second-order valence-corrected chi connectivity index (χ2v) is 13.8. The summed E-state index contributed by atoms with van der Waals surface area (Å²) >= 11 is 0. The van der Waals surface area contributed by atoms with Gasteiger partial charge >= 0.3 is 6.09 Å². The van der Waals surface area contributed by atoms with Crippen LogP contribution in [-0.4, -0.2) is 61.2 Å². The highest BCUT2D eigenvalue weighted by Crippen LogP contribution is 2.37. The number of fused-ring (bicyclic) bond motifs is 3. The van der Waals surface area contributed by atoms with Crippen LogP contribution >= 0.6 is 0 Å². The van der Waals surface area contributed by atoms with Crippen molar-refractivity contribution in [2.24, 2.45) is 0 Å². The van der Waals surface area contributed by atoms with Gasteiger partial charge in [-0.15, -0.1) is 0 Å². The Balaban J connectivity index is 1.53. The van der Waals surface area contributed by atoms with Crippen molar-refractivity contribution in [2.45, 2.75) is 84.8 Å². The number of methoxy groups -OCH3 is 4. The third kappa shape index (κ3) is 9.37. The molecule has 5 aromatic rings. The Bertz CT molecular complexity index is 1980. The number of nitrogens with one attached hydrogen (secondary N) is 2. The summed E-state index contributed by atoms with van der Waals surface area (Å²) in [6.45, 7) is 8.93. The molecule has 52 heavy (non-hydrogen) atoms. The van der Waals surface area contributed by atoms with E-state index in [1.807, 2.05) is 51.1 Å². The van der Waals surface area contributed by atoms with Gasteiger partial charge in [0.25, 0.3) is 0 Å². The minimum atomic E-state index is -0.507. The van der Waals surface area contributed by atoms with E-state index >= 15 is 0 Å². The first-order valence-electron chi connectivity index (χ1n) is 18.1. The summed E-state index contributed by atoms with van der Waals surface area (Å²) in [7, 11) is 6.62. The van der Waals surface area contributed by atoms with Crippen LogP contribution in [0.2, 0.25) is 0 Å². The van der Waals surface area contributed by atoms with Crippen molar-refractivity contribution in [1.29, 1.82) is 0 Å². The van der Waals surface area contributed by atoms with Crippen LogP contribution in [0.1, 0.15) is 76.8 Å². The van der Waals surface area contributed by atoms with Crippen LogP contribution in [0.15, 0.2) is 54.6 Å². The summed E-state index contributed by atoms with van der Waals surface area (Å²) < 4.78 is 30.2. The van der Waals surface area contributed by atoms with Crippen LogP contribution in [0.4, 0.5) is 16.3 Å². The summed E-state index contributed by atoms with van der Waals surface area (Å²) in [5, 5.41) is 7.44. The number of aromatic nitrogens is 3.